The maximum atomic E-state index is 5.23. The van der Waals surface area contributed by atoms with Crippen molar-refractivity contribution in [3.8, 4) is 5.75 Å². The molecule has 1 unspecified atom stereocenters. The maximum Gasteiger partial charge on any atom is 0.118 e. The first-order valence-electron chi connectivity index (χ1n) is 7.13. The lowest BCUT2D eigenvalue weighted by Gasteiger charge is -2.22. The molecular weight excluding hydrogens is 282 g/mol. The van der Waals surface area contributed by atoms with Crippen LogP contribution in [-0.4, -0.2) is 13.2 Å². The summed E-state index contributed by atoms with van der Waals surface area (Å²) in [5.41, 5.74) is 2.64. The summed E-state index contributed by atoms with van der Waals surface area (Å²) in [5, 5.41) is 3.64. The highest BCUT2D eigenvalue weighted by atomic mass is 35.5. The predicted molar refractivity (Wildman–Crippen MR) is 91.4 cm³/mol. The Bertz CT molecular complexity index is 511. The standard InChI is InChI=1S/C18H23NO.ClH/c1-14(2)19-18(13-15-7-5-4-6-8-15)16-9-11-17(20-3)12-10-16;/h4-12,14,18-19H,13H2,1-3H3;1H. The van der Waals surface area contributed by atoms with Gasteiger partial charge in [-0.15, -0.1) is 12.4 Å². The van der Waals surface area contributed by atoms with Gasteiger partial charge in [0.05, 0.1) is 7.11 Å². The van der Waals surface area contributed by atoms with Gasteiger partial charge in [0.25, 0.3) is 0 Å². The summed E-state index contributed by atoms with van der Waals surface area (Å²) in [5.74, 6) is 0.900. The summed E-state index contributed by atoms with van der Waals surface area (Å²) in [4.78, 5) is 0. The molecule has 0 saturated carbocycles. The van der Waals surface area contributed by atoms with E-state index in [4.69, 9.17) is 4.74 Å². The molecule has 114 valence electrons. The molecule has 0 saturated heterocycles. The van der Waals surface area contributed by atoms with Crippen LogP contribution in [0.4, 0.5) is 0 Å². The second-order valence-electron chi connectivity index (χ2n) is 5.34. The molecular formula is C18H24ClNO. The van der Waals surface area contributed by atoms with Crippen molar-refractivity contribution >= 4 is 12.4 Å². The van der Waals surface area contributed by atoms with Crippen molar-refractivity contribution in [2.75, 3.05) is 7.11 Å². The van der Waals surface area contributed by atoms with E-state index in [2.05, 4.69) is 61.6 Å². The number of halogens is 1. The van der Waals surface area contributed by atoms with Crippen molar-refractivity contribution in [2.45, 2.75) is 32.4 Å². The molecule has 0 radical (unpaired) electrons. The molecule has 1 N–H and O–H groups in total. The van der Waals surface area contributed by atoms with Crippen molar-refractivity contribution in [1.29, 1.82) is 0 Å². The van der Waals surface area contributed by atoms with Crippen LogP contribution in [0.1, 0.15) is 31.0 Å². The molecule has 0 heterocycles. The second kappa shape index (κ2) is 8.71. The monoisotopic (exact) mass is 305 g/mol. The van der Waals surface area contributed by atoms with E-state index in [9.17, 15) is 0 Å². The van der Waals surface area contributed by atoms with Crippen molar-refractivity contribution in [1.82, 2.24) is 5.32 Å². The minimum atomic E-state index is 0. The third-order valence-corrected chi connectivity index (χ3v) is 3.34. The Morgan fingerprint density at radius 3 is 2.10 bits per heavy atom. The van der Waals surface area contributed by atoms with Crippen LogP contribution in [-0.2, 0) is 6.42 Å². The Morgan fingerprint density at radius 1 is 0.952 bits per heavy atom. The maximum absolute atomic E-state index is 5.23. The summed E-state index contributed by atoms with van der Waals surface area (Å²) >= 11 is 0. The van der Waals surface area contributed by atoms with Crippen LogP contribution in [0.15, 0.2) is 54.6 Å². The molecule has 0 aliphatic heterocycles. The number of rotatable bonds is 6. The molecule has 2 nitrogen and oxygen atoms in total. The summed E-state index contributed by atoms with van der Waals surface area (Å²) in [7, 11) is 1.70. The summed E-state index contributed by atoms with van der Waals surface area (Å²) in [6.07, 6.45) is 0.991. The van der Waals surface area contributed by atoms with E-state index >= 15 is 0 Å². The SMILES string of the molecule is COc1ccc(C(Cc2ccccc2)NC(C)C)cc1.Cl. The van der Waals surface area contributed by atoms with Crippen LogP contribution in [0.5, 0.6) is 5.75 Å². The zero-order valence-electron chi connectivity index (χ0n) is 12.9. The Morgan fingerprint density at radius 2 is 1.57 bits per heavy atom. The van der Waals surface area contributed by atoms with Crippen molar-refractivity contribution in [3.63, 3.8) is 0 Å². The number of nitrogens with one attached hydrogen (secondary N) is 1. The second-order valence-corrected chi connectivity index (χ2v) is 5.34. The topological polar surface area (TPSA) is 21.3 Å². The normalized spacial score (nSPS) is 11.8. The van der Waals surface area contributed by atoms with Gasteiger partial charge >= 0.3 is 0 Å². The minimum absolute atomic E-state index is 0. The molecule has 1 atom stereocenters. The molecule has 2 aromatic carbocycles. The van der Waals surface area contributed by atoms with E-state index in [-0.39, 0.29) is 12.4 Å². The van der Waals surface area contributed by atoms with Crippen LogP contribution < -0.4 is 10.1 Å². The zero-order valence-corrected chi connectivity index (χ0v) is 13.7. The number of hydrogen-bond donors (Lipinski definition) is 1. The Hall–Kier alpha value is -1.51. The van der Waals surface area contributed by atoms with Gasteiger partial charge in [0.2, 0.25) is 0 Å². The zero-order chi connectivity index (χ0) is 14.4. The first-order chi connectivity index (χ1) is 9.69. The van der Waals surface area contributed by atoms with Crippen LogP contribution >= 0.6 is 12.4 Å². The quantitative estimate of drug-likeness (QED) is 0.854. The molecule has 2 rings (SSSR count). The van der Waals surface area contributed by atoms with E-state index in [0.717, 1.165) is 12.2 Å². The largest absolute Gasteiger partial charge is 0.497 e. The lowest BCUT2D eigenvalue weighted by molar-refractivity contribution is 0.414. The number of methoxy groups -OCH3 is 1. The average Bonchev–Trinajstić information content (AvgIpc) is 2.47. The molecule has 0 amide bonds. The van der Waals surface area contributed by atoms with E-state index in [1.54, 1.807) is 7.11 Å². The third-order valence-electron chi connectivity index (χ3n) is 3.34. The number of ether oxygens (including phenoxy) is 1. The van der Waals surface area contributed by atoms with E-state index in [0.29, 0.717) is 12.1 Å². The Kier molecular flexibility index (Phi) is 7.27. The minimum Gasteiger partial charge on any atom is -0.497 e. The van der Waals surface area contributed by atoms with Crippen LogP contribution in [0, 0.1) is 0 Å². The summed E-state index contributed by atoms with van der Waals surface area (Å²) < 4.78 is 5.23. The molecule has 0 fully saturated rings. The smallest absolute Gasteiger partial charge is 0.118 e. The van der Waals surface area contributed by atoms with Crippen molar-refractivity contribution in [2.24, 2.45) is 0 Å². The molecule has 0 aliphatic carbocycles. The van der Waals surface area contributed by atoms with Crippen LogP contribution in [0.25, 0.3) is 0 Å². The van der Waals surface area contributed by atoms with E-state index in [1.807, 2.05) is 12.1 Å². The molecule has 3 heteroatoms. The van der Waals surface area contributed by atoms with Gasteiger partial charge < -0.3 is 10.1 Å². The van der Waals surface area contributed by atoms with Crippen LogP contribution in [0.2, 0.25) is 0 Å². The lowest BCUT2D eigenvalue weighted by Crippen LogP contribution is -2.29. The fourth-order valence-corrected chi connectivity index (χ4v) is 2.36. The van der Waals surface area contributed by atoms with Crippen molar-refractivity contribution < 1.29 is 4.74 Å². The third kappa shape index (κ3) is 5.41. The van der Waals surface area contributed by atoms with Crippen LogP contribution in [0.3, 0.4) is 0 Å². The fourth-order valence-electron chi connectivity index (χ4n) is 2.36. The highest BCUT2D eigenvalue weighted by Crippen LogP contribution is 2.21. The molecule has 21 heavy (non-hydrogen) atoms. The summed E-state index contributed by atoms with van der Waals surface area (Å²) in [6.45, 7) is 4.36. The van der Waals surface area contributed by atoms with Gasteiger partial charge in [-0.3, -0.25) is 0 Å². The molecule has 0 spiro atoms. The molecule has 0 aromatic heterocycles. The number of benzene rings is 2. The molecule has 0 bridgehead atoms. The average molecular weight is 306 g/mol. The van der Waals surface area contributed by atoms with Crippen molar-refractivity contribution in [3.05, 3.63) is 65.7 Å². The Balaban J connectivity index is 0.00000220. The first-order valence-corrected chi connectivity index (χ1v) is 7.13. The van der Waals surface area contributed by atoms with Gasteiger partial charge in [0.1, 0.15) is 5.75 Å². The van der Waals surface area contributed by atoms with E-state index in [1.165, 1.54) is 11.1 Å². The molecule has 0 aliphatic rings. The summed E-state index contributed by atoms with van der Waals surface area (Å²) in [6, 6.07) is 19.7. The highest BCUT2D eigenvalue weighted by Gasteiger charge is 2.13. The predicted octanol–water partition coefficient (Wildman–Crippen LogP) is 4.40. The fraction of sp³-hybridized carbons (Fsp3) is 0.333. The first kappa shape index (κ1) is 17.5. The van der Waals surface area contributed by atoms with Gasteiger partial charge in [-0.05, 0) is 29.7 Å². The Labute approximate surface area is 133 Å². The van der Waals surface area contributed by atoms with E-state index < -0.39 is 0 Å². The van der Waals surface area contributed by atoms with Gasteiger partial charge in [-0.1, -0.05) is 56.3 Å². The van der Waals surface area contributed by atoms with Gasteiger partial charge in [0.15, 0.2) is 0 Å². The van der Waals surface area contributed by atoms with Gasteiger partial charge in [0, 0.05) is 12.1 Å². The highest BCUT2D eigenvalue weighted by molar-refractivity contribution is 5.85. The lowest BCUT2D eigenvalue weighted by atomic mass is 9.98. The van der Waals surface area contributed by atoms with Gasteiger partial charge in [-0.25, -0.2) is 0 Å². The molecule has 2 aromatic rings. The van der Waals surface area contributed by atoms with Gasteiger partial charge in [-0.2, -0.15) is 0 Å². The number of hydrogen-bond acceptors (Lipinski definition) is 2.